The van der Waals surface area contributed by atoms with E-state index in [1.165, 1.54) is 11.3 Å². The lowest BCUT2D eigenvalue weighted by atomic mass is 10.0. The highest BCUT2D eigenvalue weighted by molar-refractivity contribution is 7.15. The maximum absolute atomic E-state index is 12.4. The highest BCUT2D eigenvalue weighted by Crippen LogP contribution is 2.19. The van der Waals surface area contributed by atoms with Gasteiger partial charge in [0, 0.05) is 6.42 Å². The van der Waals surface area contributed by atoms with Crippen molar-refractivity contribution in [2.75, 3.05) is 5.32 Å². The lowest BCUT2D eigenvalue weighted by Gasteiger charge is -2.13. The molecule has 0 radical (unpaired) electrons. The molecule has 0 aliphatic heterocycles. The lowest BCUT2D eigenvalue weighted by molar-refractivity contribution is -0.125. The summed E-state index contributed by atoms with van der Waals surface area (Å²) in [5.41, 5.74) is 0.938. The summed E-state index contributed by atoms with van der Waals surface area (Å²) in [6.45, 7) is 3.78. The van der Waals surface area contributed by atoms with Crippen LogP contribution in [0.2, 0.25) is 0 Å². The second-order valence-electron chi connectivity index (χ2n) is 6.70. The second kappa shape index (κ2) is 9.41. The lowest BCUT2D eigenvalue weighted by Crippen LogP contribution is -2.42. The van der Waals surface area contributed by atoms with Gasteiger partial charge in [-0.3, -0.25) is 14.9 Å². The predicted octanol–water partition coefficient (Wildman–Crippen LogP) is 3.72. The summed E-state index contributed by atoms with van der Waals surface area (Å²) in [7, 11) is 0. The van der Waals surface area contributed by atoms with Gasteiger partial charge in [0.2, 0.25) is 16.9 Å². The highest BCUT2D eigenvalue weighted by Gasteiger charge is 2.18. The molecule has 0 aliphatic rings. The summed E-state index contributed by atoms with van der Waals surface area (Å²) >= 11 is 1.37. The average molecular weight is 397 g/mol. The van der Waals surface area contributed by atoms with Gasteiger partial charge in [-0.1, -0.05) is 67.1 Å². The molecule has 0 spiro atoms. The maximum Gasteiger partial charge on any atom is 0.248 e. The first kappa shape index (κ1) is 19.9. The fraction of sp³-hybridized carbons (Fsp3) is 0.333. The Balaban J connectivity index is 1.56. The molecular weight excluding hydrogens is 372 g/mol. The number of hydrogen-bond acceptors (Lipinski definition) is 5. The van der Waals surface area contributed by atoms with Gasteiger partial charge in [-0.15, -0.1) is 10.2 Å². The second-order valence-corrected chi connectivity index (χ2v) is 7.76. The van der Waals surface area contributed by atoms with Crippen LogP contribution in [0.25, 0.3) is 10.8 Å². The Morgan fingerprint density at radius 1 is 1.11 bits per heavy atom. The number of aryl methyl sites for hydroxylation is 1. The Labute approximate surface area is 168 Å². The topological polar surface area (TPSA) is 84.0 Å². The highest BCUT2D eigenvalue weighted by atomic mass is 32.1. The molecule has 2 aromatic carbocycles. The molecule has 0 bridgehead atoms. The molecule has 3 aromatic rings. The van der Waals surface area contributed by atoms with Crippen molar-refractivity contribution in [2.24, 2.45) is 0 Å². The number of amides is 2. The zero-order chi connectivity index (χ0) is 19.9. The number of carbonyl (C=O) groups excluding carboxylic acids is 2. The summed E-state index contributed by atoms with van der Waals surface area (Å²) in [6, 6.07) is 13.2. The normalized spacial score (nSPS) is 11.9. The summed E-state index contributed by atoms with van der Waals surface area (Å²) in [5, 5.41) is 17.1. The molecule has 6 nitrogen and oxygen atoms in total. The zero-order valence-corrected chi connectivity index (χ0v) is 16.9. The summed E-state index contributed by atoms with van der Waals surface area (Å²) in [5.74, 6) is -0.496. The first-order chi connectivity index (χ1) is 13.6. The van der Waals surface area contributed by atoms with Crippen molar-refractivity contribution in [2.45, 2.75) is 45.6 Å². The van der Waals surface area contributed by atoms with Gasteiger partial charge in [-0.05, 0) is 29.7 Å². The van der Waals surface area contributed by atoms with Gasteiger partial charge < -0.3 is 5.32 Å². The van der Waals surface area contributed by atoms with Gasteiger partial charge in [0.15, 0.2) is 0 Å². The van der Waals surface area contributed by atoms with E-state index in [1.807, 2.05) is 42.5 Å². The summed E-state index contributed by atoms with van der Waals surface area (Å²) in [6.07, 6.45) is 3.21. The van der Waals surface area contributed by atoms with Gasteiger partial charge >= 0.3 is 0 Å². The van der Waals surface area contributed by atoms with Crippen LogP contribution >= 0.6 is 11.3 Å². The SMILES string of the molecule is CCCCc1nnc(NC(=O)[C@H](C)NC(=O)Cc2cccc3ccccc23)s1. The van der Waals surface area contributed by atoms with Crippen molar-refractivity contribution < 1.29 is 9.59 Å². The molecule has 1 heterocycles. The van der Waals surface area contributed by atoms with Crippen LogP contribution in [0.4, 0.5) is 5.13 Å². The van der Waals surface area contributed by atoms with E-state index in [1.54, 1.807) is 6.92 Å². The number of nitrogens with zero attached hydrogens (tertiary/aromatic N) is 2. The molecule has 3 rings (SSSR count). The number of unbranched alkanes of at least 4 members (excludes halogenated alkanes) is 1. The molecule has 2 N–H and O–H groups in total. The molecule has 0 saturated carbocycles. The van der Waals surface area contributed by atoms with Crippen LogP contribution in [-0.2, 0) is 22.4 Å². The molecule has 2 amide bonds. The van der Waals surface area contributed by atoms with Crippen LogP contribution in [0.15, 0.2) is 42.5 Å². The van der Waals surface area contributed by atoms with Crippen molar-refractivity contribution in [1.29, 1.82) is 0 Å². The molecule has 0 fully saturated rings. The van der Waals surface area contributed by atoms with E-state index in [4.69, 9.17) is 0 Å². The third kappa shape index (κ3) is 5.13. The molecular formula is C21H24N4O2S. The van der Waals surface area contributed by atoms with Crippen LogP contribution < -0.4 is 10.6 Å². The van der Waals surface area contributed by atoms with E-state index >= 15 is 0 Å². The number of aromatic nitrogens is 2. The third-order valence-corrected chi connectivity index (χ3v) is 5.34. The van der Waals surface area contributed by atoms with Gasteiger partial charge in [0.05, 0.1) is 6.42 Å². The Morgan fingerprint density at radius 2 is 1.89 bits per heavy atom. The first-order valence-corrected chi connectivity index (χ1v) is 10.3. The van der Waals surface area contributed by atoms with Crippen molar-refractivity contribution in [1.82, 2.24) is 15.5 Å². The largest absolute Gasteiger partial charge is 0.344 e. The molecule has 146 valence electrons. The Hall–Kier alpha value is -2.80. The van der Waals surface area contributed by atoms with E-state index in [0.717, 1.165) is 40.6 Å². The minimum Gasteiger partial charge on any atom is -0.344 e. The molecule has 7 heteroatoms. The summed E-state index contributed by atoms with van der Waals surface area (Å²) in [4.78, 5) is 24.8. The number of carbonyl (C=O) groups is 2. The standard InChI is InChI=1S/C21H24N4O2S/c1-3-4-12-19-24-25-21(28-19)23-20(27)14(2)22-18(26)13-16-10-7-9-15-8-5-6-11-17(15)16/h5-11,14H,3-4,12-13H2,1-2H3,(H,22,26)(H,23,25,27)/t14-/m0/s1. The van der Waals surface area contributed by atoms with Crippen molar-refractivity contribution in [3.63, 3.8) is 0 Å². The van der Waals surface area contributed by atoms with Crippen LogP contribution in [-0.4, -0.2) is 28.1 Å². The number of fused-ring (bicyclic) bond motifs is 1. The Morgan fingerprint density at radius 3 is 2.71 bits per heavy atom. The molecule has 1 aromatic heterocycles. The van der Waals surface area contributed by atoms with E-state index in [-0.39, 0.29) is 18.2 Å². The number of hydrogen-bond donors (Lipinski definition) is 2. The van der Waals surface area contributed by atoms with Crippen LogP contribution in [0, 0.1) is 0 Å². The zero-order valence-electron chi connectivity index (χ0n) is 16.1. The van der Waals surface area contributed by atoms with Crippen LogP contribution in [0.3, 0.4) is 0 Å². The van der Waals surface area contributed by atoms with Gasteiger partial charge in [0.25, 0.3) is 0 Å². The van der Waals surface area contributed by atoms with Crippen molar-refractivity contribution >= 4 is 39.1 Å². The molecule has 0 aliphatic carbocycles. The van der Waals surface area contributed by atoms with Gasteiger partial charge in [0.1, 0.15) is 11.0 Å². The minimum absolute atomic E-state index is 0.195. The average Bonchev–Trinajstić information content (AvgIpc) is 3.13. The fourth-order valence-corrected chi connectivity index (χ4v) is 3.71. The van der Waals surface area contributed by atoms with E-state index in [2.05, 4.69) is 27.8 Å². The van der Waals surface area contributed by atoms with Crippen molar-refractivity contribution in [3.05, 3.63) is 53.0 Å². The predicted molar refractivity (Wildman–Crippen MR) is 112 cm³/mol. The first-order valence-electron chi connectivity index (χ1n) is 9.46. The monoisotopic (exact) mass is 396 g/mol. The number of anilines is 1. The quantitative estimate of drug-likeness (QED) is 0.608. The van der Waals surface area contributed by atoms with E-state index in [0.29, 0.717) is 5.13 Å². The van der Waals surface area contributed by atoms with Gasteiger partial charge in [-0.25, -0.2) is 0 Å². The number of rotatable bonds is 8. The van der Waals surface area contributed by atoms with Crippen LogP contribution in [0.5, 0.6) is 0 Å². The smallest absolute Gasteiger partial charge is 0.248 e. The fourth-order valence-electron chi connectivity index (χ4n) is 2.92. The van der Waals surface area contributed by atoms with Crippen molar-refractivity contribution in [3.8, 4) is 0 Å². The number of nitrogens with one attached hydrogen (secondary N) is 2. The van der Waals surface area contributed by atoms with Crippen LogP contribution in [0.1, 0.15) is 37.3 Å². The third-order valence-electron chi connectivity index (χ3n) is 4.44. The molecule has 0 saturated heterocycles. The van der Waals surface area contributed by atoms with E-state index in [9.17, 15) is 9.59 Å². The molecule has 0 unspecified atom stereocenters. The molecule has 28 heavy (non-hydrogen) atoms. The summed E-state index contributed by atoms with van der Waals surface area (Å²) < 4.78 is 0. The Kier molecular flexibility index (Phi) is 6.71. The maximum atomic E-state index is 12.4. The number of benzene rings is 2. The Bertz CT molecular complexity index is 964. The van der Waals surface area contributed by atoms with Gasteiger partial charge in [-0.2, -0.15) is 0 Å². The molecule has 1 atom stereocenters. The minimum atomic E-state index is -0.662. The van der Waals surface area contributed by atoms with E-state index < -0.39 is 6.04 Å².